The van der Waals surface area contributed by atoms with Crippen molar-refractivity contribution >= 4 is 25.9 Å². The molecule has 2 N–H and O–H groups in total. The number of nitrogens with zero attached hydrogens (tertiary/aromatic N) is 2. The van der Waals surface area contributed by atoms with Gasteiger partial charge >= 0.3 is 5.97 Å². The summed E-state index contributed by atoms with van der Waals surface area (Å²) >= 11 is 0. The molecule has 198 valence electrons. The average Bonchev–Trinajstić information content (AvgIpc) is 3.21. The van der Waals surface area contributed by atoms with Crippen LogP contribution in [0.15, 0.2) is 46.6 Å². The minimum Gasteiger partial charge on any atom is -0.458 e. The highest BCUT2D eigenvalue weighted by molar-refractivity contribution is 6.77. The number of carbonyl (C=O) groups excluding carboxylic acids is 2. The topological polar surface area (TPSA) is 82.1 Å². The minimum atomic E-state index is -1.74. The predicted molar refractivity (Wildman–Crippen MR) is 147 cm³/mol. The van der Waals surface area contributed by atoms with Crippen LogP contribution in [-0.4, -0.2) is 67.6 Å². The molecule has 0 fully saturated rings. The van der Waals surface area contributed by atoms with Gasteiger partial charge in [0.2, 0.25) is 5.78 Å². The van der Waals surface area contributed by atoms with E-state index in [2.05, 4.69) is 66.6 Å². The van der Waals surface area contributed by atoms with E-state index in [1.165, 1.54) is 35.2 Å². The van der Waals surface area contributed by atoms with Crippen LogP contribution in [-0.2, 0) is 27.3 Å². The number of aryl methyl sites for hydroxylation is 1. The van der Waals surface area contributed by atoms with Crippen LogP contribution in [0.3, 0.4) is 0 Å². The number of cyclic esters (lactones) is 1. The van der Waals surface area contributed by atoms with E-state index in [0.717, 1.165) is 24.5 Å². The molecule has 7 nitrogen and oxygen atoms in total. The largest absolute Gasteiger partial charge is 0.458 e. The molecule has 3 heterocycles. The number of nitrogens with one attached hydrogen (secondary N) is 1. The molecule has 37 heavy (non-hydrogen) atoms. The van der Waals surface area contributed by atoms with Crippen molar-refractivity contribution in [2.75, 3.05) is 27.2 Å². The summed E-state index contributed by atoms with van der Waals surface area (Å²) in [6.45, 7) is 8.44. The van der Waals surface area contributed by atoms with Crippen molar-refractivity contribution < 1.29 is 19.4 Å². The van der Waals surface area contributed by atoms with Crippen molar-refractivity contribution in [1.82, 2.24) is 15.1 Å². The first-order valence-electron chi connectivity index (χ1n) is 13.5. The molecule has 5 rings (SSSR count). The fourth-order valence-electron chi connectivity index (χ4n) is 6.07. The number of fused-ring (bicyclic) bond motifs is 3. The highest BCUT2D eigenvalue weighted by Gasteiger charge is 2.51. The third-order valence-electron chi connectivity index (χ3n) is 8.48. The zero-order valence-corrected chi connectivity index (χ0v) is 23.7. The number of rotatable bonds is 8. The molecule has 0 radical (unpaired) electrons. The number of hydrogen-bond acceptors (Lipinski definition) is 7. The normalized spacial score (nSPS) is 22.9. The highest BCUT2D eigenvalue weighted by Crippen LogP contribution is 2.44. The summed E-state index contributed by atoms with van der Waals surface area (Å²) in [6, 6.07) is 9.10. The third kappa shape index (κ3) is 4.60. The third-order valence-corrected chi connectivity index (χ3v) is 11.8. The Morgan fingerprint density at radius 2 is 2.00 bits per heavy atom. The van der Waals surface area contributed by atoms with E-state index in [1.807, 2.05) is 0 Å². The molecular weight excluding hydrogens is 482 g/mol. The first-order valence-corrected chi connectivity index (χ1v) is 16.9. The Kier molecular flexibility index (Phi) is 6.71. The maximum absolute atomic E-state index is 13.7. The molecule has 0 bridgehead atoms. The van der Waals surface area contributed by atoms with Crippen LogP contribution in [0.2, 0.25) is 25.2 Å². The van der Waals surface area contributed by atoms with Crippen LogP contribution < -0.4 is 5.32 Å². The number of Topliss-reactive ketones (excluding diaryl/α,β-unsaturated/α-hetero) is 1. The smallest absolute Gasteiger partial charge is 0.342 e. The van der Waals surface area contributed by atoms with Gasteiger partial charge in [0.25, 0.3) is 0 Å². The average molecular weight is 522 g/mol. The lowest BCUT2D eigenvalue weighted by molar-refractivity contribution is -0.163. The van der Waals surface area contributed by atoms with Gasteiger partial charge in [-0.3, -0.25) is 4.79 Å². The SMILES string of the molecule is CC[C@@]1(O)C(=O)OCC2=C1CC1=C(C2=O)N2Cc3c(cccc3CC[Si](C)(C)CCCN(C)C)C=C2N1. The second-order valence-corrected chi connectivity index (χ2v) is 17.2. The van der Waals surface area contributed by atoms with Gasteiger partial charge in [-0.15, -0.1) is 0 Å². The van der Waals surface area contributed by atoms with Gasteiger partial charge in [-0.1, -0.05) is 50.3 Å². The Labute approximate surface area is 220 Å². The zero-order valence-electron chi connectivity index (χ0n) is 22.7. The number of ketones is 1. The van der Waals surface area contributed by atoms with Gasteiger partial charge in [0.15, 0.2) is 5.60 Å². The Hall–Kier alpha value is -2.68. The fraction of sp³-hybridized carbons (Fsp3) is 0.517. The van der Waals surface area contributed by atoms with Crippen molar-refractivity contribution in [3.63, 3.8) is 0 Å². The Morgan fingerprint density at radius 1 is 1.22 bits per heavy atom. The van der Waals surface area contributed by atoms with Gasteiger partial charge in [0.05, 0.1) is 6.54 Å². The number of esters is 1. The molecule has 1 aliphatic carbocycles. The monoisotopic (exact) mass is 521 g/mol. The highest BCUT2D eigenvalue weighted by atomic mass is 28.3. The van der Waals surface area contributed by atoms with Crippen molar-refractivity contribution in [3.8, 4) is 0 Å². The van der Waals surface area contributed by atoms with Crippen LogP contribution in [0.1, 0.15) is 42.9 Å². The maximum Gasteiger partial charge on any atom is 0.342 e. The van der Waals surface area contributed by atoms with Crippen LogP contribution in [0, 0.1) is 0 Å². The summed E-state index contributed by atoms with van der Waals surface area (Å²) in [5, 5.41) is 14.5. The van der Waals surface area contributed by atoms with Gasteiger partial charge < -0.3 is 25.0 Å². The molecule has 0 unspecified atom stereocenters. The first-order chi connectivity index (χ1) is 17.5. The van der Waals surface area contributed by atoms with Crippen molar-refractivity contribution in [3.05, 3.63) is 63.3 Å². The Balaban J connectivity index is 1.37. The van der Waals surface area contributed by atoms with Gasteiger partial charge in [-0.2, -0.15) is 0 Å². The molecule has 0 spiro atoms. The molecular formula is C29H39N3O4Si. The molecule has 0 saturated heterocycles. The quantitative estimate of drug-likeness (QED) is 0.398. The van der Waals surface area contributed by atoms with Crippen molar-refractivity contribution in [1.29, 1.82) is 0 Å². The summed E-state index contributed by atoms with van der Waals surface area (Å²) in [5.41, 5.74) is 4.41. The van der Waals surface area contributed by atoms with E-state index in [9.17, 15) is 14.7 Å². The summed E-state index contributed by atoms with van der Waals surface area (Å²) in [5.74, 6) is 0.0705. The summed E-state index contributed by atoms with van der Waals surface area (Å²) < 4.78 is 5.25. The van der Waals surface area contributed by atoms with Crippen molar-refractivity contribution in [2.45, 2.75) is 69.9 Å². The van der Waals surface area contributed by atoms with E-state index >= 15 is 0 Å². The predicted octanol–water partition coefficient (Wildman–Crippen LogP) is 3.79. The molecule has 1 aromatic carbocycles. The molecule has 3 aliphatic heterocycles. The lowest BCUT2D eigenvalue weighted by Gasteiger charge is -2.36. The molecule has 1 atom stereocenters. The molecule has 4 aliphatic rings. The fourth-order valence-corrected chi connectivity index (χ4v) is 8.39. The van der Waals surface area contributed by atoms with Crippen LogP contribution in [0.5, 0.6) is 0 Å². The van der Waals surface area contributed by atoms with Crippen LogP contribution >= 0.6 is 0 Å². The lowest BCUT2D eigenvalue weighted by atomic mass is 9.78. The second-order valence-electron chi connectivity index (χ2n) is 11.9. The lowest BCUT2D eigenvalue weighted by Crippen LogP contribution is -2.48. The van der Waals surface area contributed by atoms with E-state index in [4.69, 9.17) is 4.74 Å². The van der Waals surface area contributed by atoms with E-state index in [-0.39, 0.29) is 18.8 Å². The van der Waals surface area contributed by atoms with Crippen molar-refractivity contribution in [2.24, 2.45) is 0 Å². The second kappa shape index (κ2) is 9.56. The molecule has 0 aromatic heterocycles. The number of aliphatic hydroxyl groups is 1. The van der Waals surface area contributed by atoms with E-state index < -0.39 is 19.6 Å². The number of hydrogen-bond donors (Lipinski definition) is 2. The Morgan fingerprint density at radius 3 is 2.73 bits per heavy atom. The van der Waals surface area contributed by atoms with Gasteiger partial charge in [0, 0.05) is 25.8 Å². The number of benzene rings is 1. The van der Waals surface area contributed by atoms with Crippen LogP contribution in [0.25, 0.3) is 6.08 Å². The number of allylic oxidation sites excluding steroid dienone is 2. The van der Waals surface area contributed by atoms with Gasteiger partial charge in [-0.05, 0) is 68.2 Å². The molecule has 0 amide bonds. The van der Waals surface area contributed by atoms with Gasteiger partial charge in [-0.25, -0.2) is 4.79 Å². The first kappa shape index (κ1) is 25.9. The Bertz CT molecular complexity index is 1250. The summed E-state index contributed by atoms with van der Waals surface area (Å²) in [4.78, 5) is 30.4. The molecule has 1 aromatic rings. The summed E-state index contributed by atoms with van der Waals surface area (Å²) in [6.07, 6.45) is 4.96. The zero-order chi connectivity index (χ0) is 26.5. The number of carbonyl (C=O) groups is 2. The molecule has 0 saturated carbocycles. The standard InChI is InChI=1S/C29H39N3O4Si/c1-6-29(35)23-16-24-26(27(33)22(23)18-36-28(29)34)32-17-21-19(9-7-10-20(21)15-25(32)30-24)11-14-37(4,5)13-8-12-31(2)3/h7,9-10,15,30,35H,6,8,11-14,16-18H2,1-5H3/t29-/m0/s1. The van der Waals surface area contributed by atoms with Crippen LogP contribution in [0.4, 0.5) is 0 Å². The number of ether oxygens (including phenoxy) is 1. The van der Waals surface area contributed by atoms with E-state index in [1.54, 1.807) is 6.92 Å². The van der Waals surface area contributed by atoms with E-state index in [0.29, 0.717) is 29.8 Å². The maximum atomic E-state index is 13.7. The molecule has 8 heteroatoms. The van der Waals surface area contributed by atoms with Gasteiger partial charge in [0.1, 0.15) is 18.1 Å². The minimum absolute atomic E-state index is 0.0751. The summed E-state index contributed by atoms with van der Waals surface area (Å²) in [7, 11) is 2.97.